The fourth-order valence-electron chi connectivity index (χ4n) is 2.90. The van der Waals surface area contributed by atoms with E-state index in [1.807, 2.05) is 12.1 Å². The predicted octanol–water partition coefficient (Wildman–Crippen LogP) is 3.11. The summed E-state index contributed by atoms with van der Waals surface area (Å²) in [4.78, 5) is 2.56. The lowest BCUT2D eigenvalue weighted by Crippen LogP contribution is -2.40. The molecule has 0 radical (unpaired) electrons. The van der Waals surface area contributed by atoms with Crippen LogP contribution in [-0.2, 0) is 6.61 Å². The van der Waals surface area contributed by atoms with Crippen LogP contribution in [0, 0.1) is 0 Å². The van der Waals surface area contributed by atoms with Crippen molar-refractivity contribution < 1.29 is 5.11 Å². The monoisotopic (exact) mass is 233 g/mol. The van der Waals surface area contributed by atoms with Crippen LogP contribution in [0.1, 0.15) is 50.8 Å². The number of hydrogen-bond donors (Lipinski definition) is 1. The van der Waals surface area contributed by atoms with Gasteiger partial charge < -0.3 is 5.11 Å². The van der Waals surface area contributed by atoms with E-state index in [-0.39, 0.29) is 12.1 Å². The molecule has 94 valence electrons. The fraction of sp³-hybridized carbons (Fsp3) is 0.600. The number of benzene rings is 1. The molecule has 1 aliphatic heterocycles. The highest BCUT2D eigenvalue weighted by Crippen LogP contribution is 2.38. The van der Waals surface area contributed by atoms with Crippen LogP contribution in [0.3, 0.4) is 0 Å². The standard InChI is InChI=1S/C15H23NO/c1-15(2,3)16-10-6-9-14(16)13-8-5-4-7-12(13)11-17/h4-5,7-8,14,17H,6,9-11H2,1-3H3/t14-/m0/s1. The minimum atomic E-state index is 0.144. The van der Waals surface area contributed by atoms with Crippen LogP contribution in [0.15, 0.2) is 24.3 Å². The van der Waals surface area contributed by atoms with E-state index in [4.69, 9.17) is 0 Å². The van der Waals surface area contributed by atoms with E-state index in [2.05, 4.69) is 37.8 Å². The van der Waals surface area contributed by atoms with Crippen LogP contribution >= 0.6 is 0 Å². The summed E-state index contributed by atoms with van der Waals surface area (Å²) in [5.74, 6) is 0. The molecule has 0 amide bonds. The van der Waals surface area contributed by atoms with Gasteiger partial charge in [-0.3, -0.25) is 4.90 Å². The van der Waals surface area contributed by atoms with Crippen LogP contribution in [0.2, 0.25) is 0 Å². The van der Waals surface area contributed by atoms with Gasteiger partial charge in [-0.2, -0.15) is 0 Å². The highest BCUT2D eigenvalue weighted by molar-refractivity contribution is 5.30. The molecular formula is C15H23NO. The second kappa shape index (κ2) is 4.79. The van der Waals surface area contributed by atoms with Crippen molar-refractivity contribution >= 4 is 0 Å². The molecule has 1 aliphatic rings. The maximum Gasteiger partial charge on any atom is 0.0685 e. The molecule has 0 bridgehead atoms. The first kappa shape index (κ1) is 12.6. The summed E-state index contributed by atoms with van der Waals surface area (Å²) in [6.45, 7) is 8.12. The second-order valence-corrected chi connectivity index (χ2v) is 5.88. The van der Waals surface area contributed by atoms with Crippen LogP contribution in [0.25, 0.3) is 0 Å². The van der Waals surface area contributed by atoms with Gasteiger partial charge in [-0.25, -0.2) is 0 Å². The van der Waals surface area contributed by atoms with E-state index in [0.717, 1.165) is 12.1 Å². The van der Waals surface area contributed by atoms with Gasteiger partial charge in [-0.05, 0) is 51.3 Å². The van der Waals surface area contributed by atoms with Gasteiger partial charge >= 0.3 is 0 Å². The quantitative estimate of drug-likeness (QED) is 0.848. The Morgan fingerprint density at radius 2 is 2.00 bits per heavy atom. The molecular weight excluding hydrogens is 210 g/mol. The Balaban J connectivity index is 2.32. The van der Waals surface area contributed by atoms with Crippen molar-refractivity contribution in [3.63, 3.8) is 0 Å². The van der Waals surface area contributed by atoms with Gasteiger partial charge in [0.1, 0.15) is 0 Å². The molecule has 2 heteroatoms. The zero-order valence-corrected chi connectivity index (χ0v) is 11.1. The Morgan fingerprint density at radius 3 is 2.65 bits per heavy atom. The third kappa shape index (κ3) is 2.53. The summed E-state index contributed by atoms with van der Waals surface area (Å²) in [5, 5.41) is 9.45. The van der Waals surface area contributed by atoms with Crippen molar-refractivity contribution in [2.24, 2.45) is 0 Å². The van der Waals surface area contributed by atoms with Gasteiger partial charge in [0.05, 0.1) is 6.61 Å². The molecule has 2 nitrogen and oxygen atoms in total. The summed E-state index contributed by atoms with van der Waals surface area (Å²) in [7, 11) is 0. The molecule has 0 saturated carbocycles. The van der Waals surface area contributed by atoms with Crippen molar-refractivity contribution in [2.75, 3.05) is 6.54 Å². The lowest BCUT2D eigenvalue weighted by Gasteiger charge is -2.37. The Kier molecular flexibility index (Phi) is 3.55. The fourth-order valence-corrected chi connectivity index (χ4v) is 2.90. The molecule has 1 fully saturated rings. The average Bonchev–Trinajstić information content (AvgIpc) is 2.77. The first-order valence-electron chi connectivity index (χ1n) is 6.49. The third-order valence-corrected chi connectivity index (χ3v) is 3.70. The van der Waals surface area contributed by atoms with E-state index >= 15 is 0 Å². The first-order chi connectivity index (χ1) is 8.04. The Morgan fingerprint density at radius 1 is 1.29 bits per heavy atom. The molecule has 0 aliphatic carbocycles. The smallest absolute Gasteiger partial charge is 0.0685 e. The Bertz CT molecular complexity index is 381. The minimum Gasteiger partial charge on any atom is -0.392 e. The van der Waals surface area contributed by atoms with Crippen molar-refractivity contribution in [1.82, 2.24) is 4.90 Å². The topological polar surface area (TPSA) is 23.5 Å². The first-order valence-corrected chi connectivity index (χ1v) is 6.49. The summed E-state index contributed by atoms with van der Waals surface area (Å²) in [6, 6.07) is 8.76. The van der Waals surface area contributed by atoms with E-state index in [1.54, 1.807) is 0 Å². The van der Waals surface area contributed by atoms with Gasteiger partial charge in [0.2, 0.25) is 0 Å². The van der Waals surface area contributed by atoms with E-state index in [9.17, 15) is 5.11 Å². The molecule has 0 spiro atoms. The SMILES string of the molecule is CC(C)(C)N1CCC[C@H]1c1ccccc1CO. The van der Waals surface area contributed by atoms with Crippen LogP contribution in [0.4, 0.5) is 0 Å². The van der Waals surface area contributed by atoms with Gasteiger partial charge in [0.25, 0.3) is 0 Å². The molecule has 1 saturated heterocycles. The van der Waals surface area contributed by atoms with Gasteiger partial charge in [-0.15, -0.1) is 0 Å². The lowest BCUT2D eigenvalue weighted by atomic mass is 9.95. The number of rotatable bonds is 2. The zero-order valence-electron chi connectivity index (χ0n) is 11.1. The maximum atomic E-state index is 9.45. The summed E-state index contributed by atoms with van der Waals surface area (Å²) < 4.78 is 0. The molecule has 1 heterocycles. The summed E-state index contributed by atoms with van der Waals surface area (Å²) in [6.07, 6.45) is 2.45. The molecule has 1 N–H and O–H groups in total. The van der Waals surface area contributed by atoms with E-state index < -0.39 is 0 Å². The van der Waals surface area contributed by atoms with Gasteiger partial charge in [0.15, 0.2) is 0 Å². The largest absolute Gasteiger partial charge is 0.392 e. The number of nitrogens with zero attached hydrogens (tertiary/aromatic N) is 1. The van der Waals surface area contributed by atoms with Crippen molar-refractivity contribution in [3.8, 4) is 0 Å². The summed E-state index contributed by atoms with van der Waals surface area (Å²) in [5.41, 5.74) is 2.58. The van der Waals surface area contributed by atoms with E-state index in [1.165, 1.54) is 18.4 Å². The second-order valence-electron chi connectivity index (χ2n) is 5.88. The van der Waals surface area contributed by atoms with Gasteiger partial charge in [-0.1, -0.05) is 24.3 Å². The molecule has 1 atom stereocenters. The summed E-state index contributed by atoms with van der Waals surface area (Å²) >= 11 is 0. The molecule has 1 aromatic rings. The number of likely N-dealkylation sites (tertiary alicyclic amines) is 1. The van der Waals surface area contributed by atoms with Crippen molar-refractivity contribution in [3.05, 3.63) is 35.4 Å². The van der Waals surface area contributed by atoms with Crippen LogP contribution < -0.4 is 0 Å². The normalized spacial score (nSPS) is 22.0. The van der Waals surface area contributed by atoms with Crippen molar-refractivity contribution in [2.45, 2.75) is 51.8 Å². The Hall–Kier alpha value is -0.860. The maximum absolute atomic E-state index is 9.45. The predicted molar refractivity (Wildman–Crippen MR) is 70.8 cm³/mol. The number of hydrogen-bond acceptors (Lipinski definition) is 2. The lowest BCUT2D eigenvalue weighted by molar-refractivity contribution is 0.120. The molecule has 0 unspecified atom stereocenters. The molecule has 0 aromatic heterocycles. The highest BCUT2D eigenvalue weighted by Gasteiger charge is 2.34. The Labute approximate surface area is 104 Å². The number of aliphatic hydroxyl groups excluding tert-OH is 1. The highest BCUT2D eigenvalue weighted by atomic mass is 16.3. The van der Waals surface area contributed by atoms with Crippen molar-refractivity contribution in [1.29, 1.82) is 0 Å². The zero-order chi connectivity index (χ0) is 12.5. The molecule has 2 rings (SSSR count). The number of aliphatic hydroxyl groups is 1. The van der Waals surface area contributed by atoms with E-state index in [0.29, 0.717) is 6.04 Å². The van der Waals surface area contributed by atoms with Crippen LogP contribution in [-0.4, -0.2) is 22.1 Å². The van der Waals surface area contributed by atoms with Crippen LogP contribution in [0.5, 0.6) is 0 Å². The van der Waals surface area contributed by atoms with Gasteiger partial charge in [0, 0.05) is 11.6 Å². The average molecular weight is 233 g/mol. The molecule has 17 heavy (non-hydrogen) atoms. The minimum absolute atomic E-state index is 0.144. The molecule has 1 aromatic carbocycles. The third-order valence-electron chi connectivity index (χ3n) is 3.70.